The molecule has 2 aromatic rings. The number of sulfonamides is 1. The number of benzene rings is 1. The maximum atomic E-state index is 12.8. The zero-order valence-electron chi connectivity index (χ0n) is 12.6. The second-order valence-corrected chi connectivity index (χ2v) is 8.46. The van der Waals surface area contributed by atoms with Gasteiger partial charge in [0.15, 0.2) is 0 Å². The van der Waals surface area contributed by atoms with Crippen molar-refractivity contribution in [2.24, 2.45) is 0 Å². The van der Waals surface area contributed by atoms with Crippen molar-refractivity contribution < 1.29 is 8.42 Å². The molecule has 0 aliphatic rings. The Bertz CT molecular complexity index is 751. The fourth-order valence-corrected chi connectivity index (χ4v) is 4.75. The molecule has 0 bridgehead atoms. The first-order chi connectivity index (χ1) is 9.73. The summed E-state index contributed by atoms with van der Waals surface area (Å²) in [6.07, 6.45) is 0. The number of rotatable bonds is 4. The van der Waals surface area contributed by atoms with Crippen LogP contribution in [0.25, 0.3) is 0 Å². The Hall–Kier alpha value is -1.37. The molecule has 1 unspecified atom stereocenters. The molecular weight excluding hydrogens is 304 g/mol. The minimum Gasteiger partial charge on any atom is -0.399 e. The van der Waals surface area contributed by atoms with Crippen molar-refractivity contribution in [2.45, 2.75) is 31.7 Å². The van der Waals surface area contributed by atoms with Crippen molar-refractivity contribution in [2.75, 3.05) is 12.8 Å². The molecule has 1 aromatic heterocycles. The Morgan fingerprint density at radius 2 is 1.86 bits per heavy atom. The van der Waals surface area contributed by atoms with Crippen LogP contribution in [0.5, 0.6) is 0 Å². The van der Waals surface area contributed by atoms with E-state index in [1.807, 2.05) is 26.0 Å². The second kappa shape index (κ2) is 5.79. The maximum Gasteiger partial charge on any atom is 0.243 e. The minimum absolute atomic E-state index is 0.213. The number of nitrogens with two attached hydrogens (primary N) is 1. The third-order valence-corrected chi connectivity index (χ3v) is 6.83. The lowest BCUT2D eigenvalue weighted by molar-refractivity contribution is 0.402. The van der Waals surface area contributed by atoms with Gasteiger partial charge in [0.25, 0.3) is 0 Å². The summed E-state index contributed by atoms with van der Waals surface area (Å²) in [6, 6.07) is 8.73. The van der Waals surface area contributed by atoms with Gasteiger partial charge in [0.05, 0.1) is 10.9 Å². The van der Waals surface area contributed by atoms with E-state index < -0.39 is 10.0 Å². The zero-order chi connectivity index (χ0) is 15.8. The maximum absolute atomic E-state index is 12.8. The van der Waals surface area contributed by atoms with Crippen LogP contribution in [-0.2, 0) is 10.0 Å². The molecule has 1 atom stereocenters. The lowest BCUT2D eigenvalue weighted by Gasteiger charge is -2.24. The smallest absolute Gasteiger partial charge is 0.243 e. The molecule has 0 aliphatic heterocycles. The van der Waals surface area contributed by atoms with Gasteiger partial charge in [-0.15, -0.1) is 11.3 Å². The Morgan fingerprint density at radius 3 is 2.43 bits per heavy atom. The van der Waals surface area contributed by atoms with E-state index in [2.05, 4.69) is 0 Å². The number of hydrogen-bond donors (Lipinski definition) is 1. The van der Waals surface area contributed by atoms with Gasteiger partial charge in [-0.05, 0) is 50.6 Å². The van der Waals surface area contributed by atoms with Gasteiger partial charge in [-0.25, -0.2) is 8.42 Å². The second-order valence-electron chi connectivity index (χ2n) is 5.17. The third-order valence-electron chi connectivity index (χ3n) is 3.59. The summed E-state index contributed by atoms with van der Waals surface area (Å²) in [7, 11) is -1.96. The molecular formula is C15H20N2O2S2. The average Bonchev–Trinajstić information content (AvgIpc) is 2.86. The van der Waals surface area contributed by atoms with Gasteiger partial charge >= 0.3 is 0 Å². The van der Waals surface area contributed by atoms with Crippen molar-refractivity contribution in [3.05, 3.63) is 45.6 Å². The lowest BCUT2D eigenvalue weighted by atomic mass is 10.2. The molecule has 0 spiro atoms. The quantitative estimate of drug-likeness (QED) is 0.877. The average molecular weight is 324 g/mol. The van der Waals surface area contributed by atoms with Crippen LogP contribution < -0.4 is 5.73 Å². The predicted octanol–water partition coefficient (Wildman–Crippen LogP) is 3.33. The summed E-state index contributed by atoms with van der Waals surface area (Å²) in [5.41, 5.74) is 6.88. The number of nitrogens with zero attached hydrogens (tertiary/aromatic N) is 1. The molecule has 1 heterocycles. The fourth-order valence-electron chi connectivity index (χ4n) is 2.12. The molecule has 0 fully saturated rings. The topological polar surface area (TPSA) is 63.4 Å². The van der Waals surface area contributed by atoms with E-state index >= 15 is 0 Å². The summed E-state index contributed by atoms with van der Waals surface area (Å²) in [4.78, 5) is 2.47. The van der Waals surface area contributed by atoms with Crippen LogP contribution in [0, 0.1) is 13.8 Å². The number of hydrogen-bond acceptors (Lipinski definition) is 4. The zero-order valence-corrected chi connectivity index (χ0v) is 14.3. The van der Waals surface area contributed by atoms with Crippen LogP contribution in [0.2, 0.25) is 0 Å². The molecule has 6 heteroatoms. The van der Waals surface area contributed by atoms with Gasteiger partial charge in [0.2, 0.25) is 10.0 Å². The van der Waals surface area contributed by atoms with Crippen molar-refractivity contribution >= 4 is 27.0 Å². The van der Waals surface area contributed by atoms with Crippen LogP contribution in [0.1, 0.15) is 28.3 Å². The SMILES string of the molecule is Cc1ccc(C(C)N(C)S(=O)(=O)c2cc(N)ccc2C)s1. The predicted molar refractivity (Wildman–Crippen MR) is 88.0 cm³/mol. The molecule has 0 radical (unpaired) electrons. The highest BCUT2D eigenvalue weighted by Gasteiger charge is 2.28. The highest BCUT2D eigenvalue weighted by atomic mass is 32.2. The van der Waals surface area contributed by atoms with Crippen molar-refractivity contribution in [1.29, 1.82) is 0 Å². The summed E-state index contributed by atoms with van der Waals surface area (Å²) in [5, 5.41) is 0. The van der Waals surface area contributed by atoms with E-state index in [0.29, 0.717) is 11.3 Å². The number of anilines is 1. The van der Waals surface area contributed by atoms with Crippen LogP contribution in [0.4, 0.5) is 5.69 Å². The Balaban J connectivity index is 2.41. The summed E-state index contributed by atoms with van der Waals surface area (Å²) < 4.78 is 27.0. The van der Waals surface area contributed by atoms with Crippen LogP contribution >= 0.6 is 11.3 Å². The molecule has 0 amide bonds. The molecule has 2 N–H and O–H groups in total. The van der Waals surface area contributed by atoms with E-state index in [-0.39, 0.29) is 10.9 Å². The summed E-state index contributed by atoms with van der Waals surface area (Å²) in [5.74, 6) is 0. The molecule has 1 aromatic carbocycles. The van der Waals surface area contributed by atoms with Gasteiger partial charge in [-0.3, -0.25) is 0 Å². The molecule has 4 nitrogen and oxygen atoms in total. The van der Waals surface area contributed by atoms with Crippen molar-refractivity contribution in [1.82, 2.24) is 4.31 Å². The van der Waals surface area contributed by atoms with E-state index in [1.165, 1.54) is 15.2 Å². The van der Waals surface area contributed by atoms with E-state index in [9.17, 15) is 8.42 Å². The van der Waals surface area contributed by atoms with Gasteiger partial charge in [-0.2, -0.15) is 4.31 Å². The van der Waals surface area contributed by atoms with E-state index in [0.717, 1.165) is 4.88 Å². The lowest BCUT2D eigenvalue weighted by Crippen LogP contribution is -2.30. The van der Waals surface area contributed by atoms with Gasteiger partial charge in [0, 0.05) is 22.5 Å². The van der Waals surface area contributed by atoms with E-state index in [1.54, 1.807) is 37.4 Å². The van der Waals surface area contributed by atoms with Crippen molar-refractivity contribution in [3.63, 3.8) is 0 Å². The first-order valence-corrected chi connectivity index (χ1v) is 8.89. The highest BCUT2D eigenvalue weighted by molar-refractivity contribution is 7.89. The number of nitrogen functional groups attached to an aromatic ring is 1. The van der Waals surface area contributed by atoms with Crippen LogP contribution in [0.15, 0.2) is 35.2 Å². The number of thiophene rings is 1. The molecule has 114 valence electrons. The standard InChI is InChI=1S/C15H20N2O2S2/c1-10-5-7-13(16)9-15(10)21(18,19)17(4)12(3)14-8-6-11(2)20-14/h5-9,12H,16H2,1-4H3. The number of aryl methyl sites for hydroxylation is 2. The largest absolute Gasteiger partial charge is 0.399 e. The van der Waals surface area contributed by atoms with Crippen LogP contribution in [-0.4, -0.2) is 19.8 Å². The summed E-state index contributed by atoms with van der Waals surface area (Å²) in [6.45, 7) is 5.68. The normalized spacial score (nSPS) is 13.6. The van der Waals surface area contributed by atoms with Gasteiger partial charge in [0.1, 0.15) is 0 Å². The minimum atomic E-state index is -3.57. The monoisotopic (exact) mass is 324 g/mol. The third kappa shape index (κ3) is 3.12. The Morgan fingerprint density at radius 1 is 1.19 bits per heavy atom. The Kier molecular flexibility index (Phi) is 4.41. The molecule has 21 heavy (non-hydrogen) atoms. The first kappa shape index (κ1) is 16.0. The van der Waals surface area contributed by atoms with Crippen LogP contribution in [0.3, 0.4) is 0 Å². The Labute approximate surface area is 130 Å². The molecule has 0 aliphatic carbocycles. The summed E-state index contributed by atoms with van der Waals surface area (Å²) >= 11 is 1.61. The first-order valence-electron chi connectivity index (χ1n) is 6.64. The molecule has 0 saturated heterocycles. The fraction of sp³-hybridized carbons (Fsp3) is 0.333. The van der Waals surface area contributed by atoms with E-state index in [4.69, 9.17) is 5.73 Å². The van der Waals surface area contributed by atoms with Gasteiger partial charge < -0.3 is 5.73 Å². The highest BCUT2D eigenvalue weighted by Crippen LogP contribution is 2.31. The van der Waals surface area contributed by atoms with Gasteiger partial charge in [-0.1, -0.05) is 6.07 Å². The molecule has 0 saturated carbocycles. The molecule has 2 rings (SSSR count). The van der Waals surface area contributed by atoms with Crippen molar-refractivity contribution in [3.8, 4) is 0 Å².